The van der Waals surface area contributed by atoms with Gasteiger partial charge in [0.2, 0.25) is 0 Å². The number of thioether (sulfide) groups is 1. The molecule has 7 heteroatoms. The number of halogens is 2. The fourth-order valence-corrected chi connectivity index (χ4v) is 3.84. The number of rotatable bonds is 7. The lowest BCUT2D eigenvalue weighted by atomic mass is 10.2. The Bertz CT molecular complexity index is 929. The van der Waals surface area contributed by atoms with Crippen LogP contribution in [0, 0.1) is 5.82 Å². The molecule has 0 unspecified atom stereocenters. The number of ether oxygens (including phenoxy) is 1. The number of benzene rings is 2. The quantitative estimate of drug-likeness (QED) is 0.372. The topological polar surface area (TPSA) is 39.9 Å². The summed E-state index contributed by atoms with van der Waals surface area (Å²) in [6, 6.07) is 12.6. The summed E-state index contributed by atoms with van der Waals surface area (Å²) in [6.07, 6.45) is 1.78. The lowest BCUT2D eigenvalue weighted by Crippen LogP contribution is -2.02. The van der Waals surface area contributed by atoms with Crippen molar-refractivity contribution in [2.45, 2.75) is 17.5 Å². The van der Waals surface area contributed by atoms with Crippen LogP contribution in [-0.4, -0.2) is 21.9 Å². The molecule has 0 atom stereocenters. The number of para-hydroxylation sites is 1. The summed E-state index contributed by atoms with van der Waals surface area (Å²) in [4.78, 5) is 0. The van der Waals surface area contributed by atoms with E-state index < -0.39 is 0 Å². The minimum atomic E-state index is -0.236. The first-order valence-electron chi connectivity index (χ1n) is 7.88. The van der Waals surface area contributed by atoms with Gasteiger partial charge in [-0.05, 0) is 35.9 Å². The highest BCUT2D eigenvalue weighted by Gasteiger charge is 2.17. The zero-order chi connectivity index (χ0) is 18.5. The molecule has 0 fully saturated rings. The van der Waals surface area contributed by atoms with Crippen LogP contribution in [0.25, 0.3) is 11.4 Å². The maximum absolute atomic E-state index is 14.0. The van der Waals surface area contributed by atoms with Crippen LogP contribution in [0.15, 0.2) is 64.7 Å². The highest BCUT2D eigenvalue weighted by atomic mass is 79.9. The molecule has 0 aliphatic rings. The fraction of sp³-hybridized carbons (Fsp3) is 0.158. The maximum atomic E-state index is 14.0. The van der Waals surface area contributed by atoms with Gasteiger partial charge in [0.1, 0.15) is 11.6 Å². The van der Waals surface area contributed by atoms with Crippen molar-refractivity contribution >= 4 is 27.7 Å². The lowest BCUT2D eigenvalue weighted by molar-refractivity contribution is 0.416. The molecule has 0 N–H and O–H groups in total. The van der Waals surface area contributed by atoms with Gasteiger partial charge in [-0.15, -0.1) is 16.8 Å². The molecule has 3 aromatic rings. The summed E-state index contributed by atoms with van der Waals surface area (Å²) in [5.74, 6) is 1.63. The Labute approximate surface area is 164 Å². The second-order valence-corrected chi connectivity index (χ2v) is 7.29. The lowest BCUT2D eigenvalue weighted by Gasteiger charge is -2.10. The normalized spacial score (nSPS) is 10.7. The Morgan fingerprint density at radius 3 is 2.85 bits per heavy atom. The van der Waals surface area contributed by atoms with E-state index in [2.05, 4.69) is 32.7 Å². The Kier molecular flexibility index (Phi) is 6.11. The molecule has 4 nitrogen and oxygen atoms in total. The van der Waals surface area contributed by atoms with Crippen molar-refractivity contribution in [2.24, 2.45) is 0 Å². The van der Waals surface area contributed by atoms with E-state index in [0.29, 0.717) is 28.8 Å². The zero-order valence-corrected chi connectivity index (χ0v) is 16.6. The number of allylic oxidation sites excluding steroid dienone is 1. The van der Waals surface area contributed by atoms with Gasteiger partial charge in [0.05, 0.1) is 12.7 Å². The van der Waals surface area contributed by atoms with E-state index in [-0.39, 0.29) is 5.82 Å². The smallest absolute Gasteiger partial charge is 0.192 e. The summed E-state index contributed by atoms with van der Waals surface area (Å²) >= 11 is 4.81. The third kappa shape index (κ3) is 3.99. The SMILES string of the molecule is C=CCn1c(SCc2cc(Br)ccc2F)nnc1-c1ccccc1OC. The van der Waals surface area contributed by atoms with Gasteiger partial charge in [0.25, 0.3) is 0 Å². The van der Waals surface area contributed by atoms with Crippen LogP contribution in [0.4, 0.5) is 4.39 Å². The van der Waals surface area contributed by atoms with Crippen LogP contribution in [-0.2, 0) is 12.3 Å². The molecule has 0 aliphatic heterocycles. The molecule has 1 heterocycles. The summed E-state index contributed by atoms with van der Waals surface area (Å²) in [5.41, 5.74) is 1.46. The third-order valence-corrected chi connectivity index (χ3v) is 5.25. The van der Waals surface area contributed by atoms with Gasteiger partial charge in [-0.1, -0.05) is 45.9 Å². The Morgan fingerprint density at radius 1 is 1.27 bits per heavy atom. The maximum Gasteiger partial charge on any atom is 0.192 e. The van der Waals surface area contributed by atoms with Crippen molar-refractivity contribution in [3.05, 3.63) is 71.0 Å². The summed E-state index contributed by atoms with van der Waals surface area (Å²) < 4.78 is 22.2. The van der Waals surface area contributed by atoms with E-state index in [1.165, 1.54) is 17.8 Å². The first-order chi connectivity index (χ1) is 12.6. The van der Waals surface area contributed by atoms with Gasteiger partial charge < -0.3 is 4.74 Å². The molecular weight excluding hydrogens is 417 g/mol. The number of aromatic nitrogens is 3. The molecule has 3 rings (SSSR count). The second kappa shape index (κ2) is 8.51. The second-order valence-electron chi connectivity index (χ2n) is 5.43. The van der Waals surface area contributed by atoms with Gasteiger partial charge in [-0.3, -0.25) is 4.57 Å². The third-order valence-electron chi connectivity index (χ3n) is 3.74. The summed E-state index contributed by atoms with van der Waals surface area (Å²) in [7, 11) is 1.62. The highest BCUT2D eigenvalue weighted by Crippen LogP contribution is 2.32. The first kappa shape index (κ1) is 18.7. The average Bonchev–Trinajstić information content (AvgIpc) is 3.05. The van der Waals surface area contributed by atoms with E-state index >= 15 is 0 Å². The molecule has 0 amide bonds. The molecule has 0 bridgehead atoms. The molecule has 2 aromatic carbocycles. The molecule has 0 saturated heterocycles. The van der Waals surface area contributed by atoms with E-state index in [0.717, 1.165) is 15.8 Å². The van der Waals surface area contributed by atoms with Crippen molar-refractivity contribution in [1.29, 1.82) is 0 Å². The van der Waals surface area contributed by atoms with Crippen molar-refractivity contribution in [1.82, 2.24) is 14.8 Å². The molecule has 0 saturated carbocycles. The van der Waals surface area contributed by atoms with Crippen molar-refractivity contribution in [3.8, 4) is 17.1 Å². The van der Waals surface area contributed by atoms with Crippen LogP contribution in [0.3, 0.4) is 0 Å². The van der Waals surface area contributed by atoms with Gasteiger partial charge in [0, 0.05) is 16.8 Å². The van der Waals surface area contributed by atoms with Crippen molar-refractivity contribution < 1.29 is 9.13 Å². The number of methoxy groups -OCH3 is 1. The molecule has 0 spiro atoms. The molecule has 0 aliphatic carbocycles. The predicted molar refractivity (Wildman–Crippen MR) is 106 cm³/mol. The highest BCUT2D eigenvalue weighted by molar-refractivity contribution is 9.10. The van der Waals surface area contributed by atoms with Crippen molar-refractivity contribution in [3.63, 3.8) is 0 Å². The van der Waals surface area contributed by atoms with E-state index in [1.807, 2.05) is 28.8 Å². The first-order valence-corrected chi connectivity index (χ1v) is 9.66. The number of hydrogen-bond acceptors (Lipinski definition) is 4. The Morgan fingerprint density at radius 2 is 2.08 bits per heavy atom. The van der Waals surface area contributed by atoms with E-state index in [9.17, 15) is 4.39 Å². The van der Waals surface area contributed by atoms with Gasteiger partial charge in [-0.25, -0.2) is 4.39 Å². The van der Waals surface area contributed by atoms with E-state index in [1.54, 1.807) is 25.3 Å². The largest absolute Gasteiger partial charge is 0.496 e. The van der Waals surface area contributed by atoms with Crippen LogP contribution < -0.4 is 4.74 Å². The van der Waals surface area contributed by atoms with Crippen LogP contribution in [0.2, 0.25) is 0 Å². The Hall–Kier alpha value is -2.12. The predicted octanol–water partition coefficient (Wildman–Crippen LogP) is 5.33. The standard InChI is InChI=1S/C19H17BrFN3OS/c1-3-10-24-18(15-6-4-5-7-17(15)25-2)22-23-19(24)26-12-13-11-14(20)8-9-16(13)21/h3-9,11H,1,10,12H2,2H3. The zero-order valence-electron chi connectivity index (χ0n) is 14.2. The molecule has 134 valence electrons. The monoisotopic (exact) mass is 433 g/mol. The van der Waals surface area contributed by atoms with Crippen LogP contribution in [0.5, 0.6) is 5.75 Å². The molecular formula is C19H17BrFN3OS. The van der Waals surface area contributed by atoms with Crippen LogP contribution in [0.1, 0.15) is 5.56 Å². The summed E-state index contributed by atoms with van der Waals surface area (Å²) in [5, 5.41) is 9.32. The van der Waals surface area contributed by atoms with Crippen LogP contribution >= 0.6 is 27.7 Å². The van der Waals surface area contributed by atoms with Gasteiger partial charge in [-0.2, -0.15) is 0 Å². The molecule has 1 aromatic heterocycles. The Balaban J connectivity index is 1.92. The molecule has 26 heavy (non-hydrogen) atoms. The van der Waals surface area contributed by atoms with Gasteiger partial charge in [0.15, 0.2) is 11.0 Å². The minimum absolute atomic E-state index is 0.236. The number of nitrogens with zero attached hydrogens (tertiary/aromatic N) is 3. The average molecular weight is 434 g/mol. The molecule has 0 radical (unpaired) electrons. The summed E-state index contributed by atoms with van der Waals surface area (Å²) in [6.45, 7) is 4.36. The minimum Gasteiger partial charge on any atom is -0.496 e. The van der Waals surface area contributed by atoms with Crippen molar-refractivity contribution in [2.75, 3.05) is 7.11 Å². The number of hydrogen-bond donors (Lipinski definition) is 0. The van der Waals surface area contributed by atoms with E-state index in [4.69, 9.17) is 4.74 Å². The fourth-order valence-electron chi connectivity index (χ4n) is 2.51. The van der Waals surface area contributed by atoms with Gasteiger partial charge >= 0.3 is 0 Å².